The van der Waals surface area contributed by atoms with E-state index in [1.54, 1.807) is 7.11 Å². The Bertz CT molecular complexity index is 284. The fourth-order valence-electron chi connectivity index (χ4n) is 1.57. The van der Waals surface area contributed by atoms with E-state index in [1.807, 2.05) is 12.1 Å². The Balaban J connectivity index is 2.16. The van der Waals surface area contributed by atoms with Gasteiger partial charge in [-0.05, 0) is 30.5 Å². The third kappa shape index (κ3) is 5.17. The molecule has 0 saturated carbocycles. The molecular weight excluding hydrogens is 200 g/mol. The molecular formula is C14H22O2. The summed E-state index contributed by atoms with van der Waals surface area (Å²) in [4.78, 5) is 0. The summed E-state index contributed by atoms with van der Waals surface area (Å²) in [6, 6.07) is 8.16. The first-order valence-electron chi connectivity index (χ1n) is 6.07. The Morgan fingerprint density at radius 3 is 2.75 bits per heavy atom. The summed E-state index contributed by atoms with van der Waals surface area (Å²) in [5.74, 6) is 0.920. The van der Waals surface area contributed by atoms with E-state index in [2.05, 4.69) is 19.1 Å². The highest BCUT2D eigenvalue weighted by molar-refractivity contribution is 5.28. The number of hydrogen-bond acceptors (Lipinski definition) is 2. The number of hydrogen-bond donors (Lipinski definition) is 0. The molecule has 0 unspecified atom stereocenters. The van der Waals surface area contributed by atoms with E-state index in [0.717, 1.165) is 25.4 Å². The van der Waals surface area contributed by atoms with E-state index in [-0.39, 0.29) is 0 Å². The van der Waals surface area contributed by atoms with Crippen LogP contribution in [0.4, 0.5) is 0 Å². The second-order valence-corrected chi connectivity index (χ2v) is 3.92. The minimum Gasteiger partial charge on any atom is -0.497 e. The second kappa shape index (κ2) is 8.17. The predicted molar refractivity (Wildman–Crippen MR) is 67.0 cm³/mol. The van der Waals surface area contributed by atoms with Crippen LogP contribution in [0, 0.1) is 0 Å². The average molecular weight is 222 g/mol. The van der Waals surface area contributed by atoms with Crippen LogP contribution in [0.25, 0.3) is 0 Å². The maximum atomic E-state index is 5.57. The van der Waals surface area contributed by atoms with E-state index < -0.39 is 0 Å². The Kier molecular flexibility index (Phi) is 6.66. The molecule has 16 heavy (non-hydrogen) atoms. The fraction of sp³-hybridized carbons (Fsp3) is 0.571. The summed E-state index contributed by atoms with van der Waals surface area (Å²) >= 11 is 0. The van der Waals surface area contributed by atoms with Crippen LogP contribution in [0.2, 0.25) is 0 Å². The Morgan fingerprint density at radius 2 is 2.00 bits per heavy atom. The molecule has 1 aromatic rings. The molecule has 0 spiro atoms. The molecule has 0 bridgehead atoms. The standard InChI is InChI=1S/C14H22O2/c1-3-4-5-10-16-11-9-13-7-6-8-14(12-13)15-2/h6-8,12H,3-5,9-11H2,1-2H3. The number of unbranched alkanes of at least 4 members (excludes halogenated alkanes) is 2. The van der Waals surface area contributed by atoms with Gasteiger partial charge >= 0.3 is 0 Å². The molecule has 90 valence electrons. The van der Waals surface area contributed by atoms with Crippen molar-refractivity contribution in [1.29, 1.82) is 0 Å². The molecule has 2 nitrogen and oxygen atoms in total. The van der Waals surface area contributed by atoms with Crippen LogP contribution >= 0.6 is 0 Å². The smallest absolute Gasteiger partial charge is 0.119 e. The zero-order valence-electron chi connectivity index (χ0n) is 10.4. The van der Waals surface area contributed by atoms with Gasteiger partial charge in [0.25, 0.3) is 0 Å². The summed E-state index contributed by atoms with van der Waals surface area (Å²) in [6.45, 7) is 3.89. The SMILES string of the molecule is CCCCCOCCc1cccc(OC)c1. The maximum absolute atomic E-state index is 5.57. The van der Waals surface area contributed by atoms with Crippen molar-refractivity contribution in [3.05, 3.63) is 29.8 Å². The molecule has 0 aliphatic carbocycles. The molecule has 0 radical (unpaired) electrons. The largest absolute Gasteiger partial charge is 0.497 e. The van der Waals surface area contributed by atoms with Crippen molar-refractivity contribution in [2.75, 3.05) is 20.3 Å². The quantitative estimate of drug-likeness (QED) is 0.627. The van der Waals surface area contributed by atoms with Crippen LogP contribution in [0.3, 0.4) is 0 Å². The lowest BCUT2D eigenvalue weighted by Crippen LogP contribution is -2.00. The van der Waals surface area contributed by atoms with E-state index >= 15 is 0 Å². The molecule has 2 heteroatoms. The van der Waals surface area contributed by atoms with Gasteiger partial charge in [0, 0.05) is 6.61 Å². The summed E-state index contributed by atoms with van der Waals surface area (Å²) in [5, 5.41) is 0. The van der Waals surface area contributed by atoms with Crippen LogP contribution in [-0.4, -0.2) is 20.3 Å². The van der Waals surface area contributed by atoms with Crippen LogP contribution in [-0.2, 0) is 11.2 Å². The van der Waals surface area contributed by atoms with Crippen LogP contribution in [0.5, 0.6) is 5.75 Å². The van der Waals surface area contributed by atoms with Crippen LogP contribution in [0.15, 0.2) is 24.3 Å². The first kappa shape index (κ1) is 13.0. The zero-order chi connectivity index (χ0) is 11.6. The van der Waals surface area contributed by atoms with Gasteiger partial charge in [0.1, 0.15) is 5.75 Å². The maximum Gasteiger partial charge on any atom is 0.119 e. The lowest BCUT2D eigenvalue weighted by atomic mass is 10.1. The molecule has 0 amide bonds. The van der Waals surface area contributed by atoms with Gasteiger partial charge in [-0.3, -0.25) is 0 Å². The first-order chi connectivity index (χ1) is 7.86. The summed E-state index contributed by atoms with van der Waals surface area (Å²) in [6.07, 6.45) is 4.65. The lowest BCUT2D eigenvalue weighted by molar-refractivity contribution is 0.133. The van der Waals surface area contributed by atoms with Crippen molar-refractivity contribution in [3.8, 4) is 5.75 Å². The molecule has 0 aromatic heterocycles. The summed E-state index contributed by atoms with van der Waals surface area (Å²) in [5.41, 5.74) is 1.27. The summed E-state index contributed by atoms with van der Waals surface area (Å²) in [7, 11) is 1.69. The van der Waals surface area contributed by atoms with E-state index in [0.29, 0.717) is 0 Å². The number of methoxy groups -OCH3 is 1. The van der Waals surface area contributed by atoms with Crippen molar-refractivity contribution in [1.82, 2.24) is 0 Å². The first-order valence-corrected chi connectivity index (χ1v) is 6.07. The van der Waals surface area contributed by atoms with Gasteiger partial charge in [0.05, 0.1) is 13.7 Å². The van der Waals surface area contributed by atoms with Crippen LogP contribution < -0.4 is 4.74 Å². The third-order valence-electron chi connectivity index (χ3n) is 2.56. The van der Waals surface area contributed by atoms with Crippen molar-refractivity contribution in [3.63, 3.8) is 0 Å². The van der Waals surface area contributed by atoms with Crippen LogP contribution in [0.1, 0.15) is 31.7 Å². The Morgan fingerprint density at radius 1 is 1.12 bits per heavy atom. The molecule has 0 saturated heterocycles. The Labute approximate surface area is 98.6 Å². The molecule has 1 aromatic carbocycles. The highest BCUT2D eigenvalue weighted by Crippen LogP contribution is 2.12. The molecule has 0 aliphatic heterocycles. The Hall–Kier alpha value is -1.02. The molecule has 0 atom stereocenters. The van der Waals surface area contributed by atoms with Crippen molar-refractivity contribution < 1.29 is 9.47 Å². The third-order valence-corrected chi connectivity index (χ3v) is 2.56. The minimum atomic E-state index is 0.802. The average Bonchev–Trinajstić information content (AvgIpc) is 2.34. The molecule has 1 rings (SSSR count). The van der Waals surface area contributed by atoms with E-state index in [1.165, 1.54) is 24.8 Å². The monoisotopic (exact) mass is 222 g/mol. The number of benzene rings is 1. The number of ether oxygens (including phenoxy) is 2. The van der Waals surface area contributed by atoms with Gasteiger partial charge in [-0.1, -0.05) is 31.9 Å². The lowest BCUT2D eigenvalue weighted by Gasteiger charge is -2.05. The van der Waals surface area contributed by atoms with Gasteiger partial charge in [-0.2, -0.15) is 0 Å². The van der Waals surface area contributed by atoms with Gasteiger partial charge in [0.2, 0.25) is 0 Å². The second-order valence-electron chi connectivity index (χ2n) is 3.92. The topological polar surface area (TPSA) is 18.5 Å². The summed E-state index contributed by atoms with van der Waals surface area (Å²) < 4.78 is 10.7. The fourth-order valence-corrected chi connectivity index (χ4v) is 1.57. The zero-order valence-corrected chi connectivity index (χ0v) is 10.4. The molecule has 0 heterocycles. The molecule has 0 N–H and O–H groups in total. The van der Waals surface area contributed by atoms with E-state index in [9.17, 15) is 0 Å². The number of rotatable bonds is 8. The van der Waals surface area contributed by atoms with Gasteiger partial charge in [0.15, 0.2) is 0 Å². The van der Waals surface area contributed by atoms with Gasteiger partial charge in [-0.25, -0.2) is 0 Å². The van der Waals surface area contributed by atoms with E-state index in [4.69, 9.17) is 9.47 Å². The molecule has 0 fully saturated rings. The highest BCUT2D eigenvalue weighted by atomic mass is 16.5. The predicted octanol–water partition coefficient (Wildman–Crippen LogP) is 3.44. The van der Waals surface area contributed by atoms with Crippen molar-refractivity contribution >= 4 is 0 Å². The molecule has 0 aliphatic rings. The minimum absolute atomic E-state index is 0.802. The van der Waals surface area contributed by atoms with Gasteiger partial charge < -0.3 is 9.47 Å². The van der Waals surface area contributed by atoms with Crippen molar-refractivity contribution in [2.45, 2.75) is 32.6 Å². The normalized spacial score (nSPS) is 10.4. The van der Waals surface area contributed by atoms with Crippen molar-refractivity contribution in [2.24, 2.45) is 0 Å². The highest BCUT2D eigenvalue weighted by Gasteiger charge is 1.96. The van der Waals surface area contributed by atoms with Gasteiger partial charge in [-0.15, -0.1) is 0 Å².